The summed E-state index contributed by atoms with van der Waals surface area (Å²) in [6, 6.07) is 0.170. The van der Waals surface area contributed by atoms with Gasteiger partial charge in [0.25, 0.3) is 0 Å². The summed E-state index contributed by atoms with van der Waals surface area (Å²) in [6.45, 7) is 6.37. The van der Waals surface area contributed by atoms with Gasteiger partial charge in [0.2, 0.25) is 0 Å². The van der Waals surface area contributed by atoms with Crippen molar-refractivity contribution in [3.8, 4) is 0 Å². The smallest absolute Gasteiger partial charge is 0.114 e. The first-order valence-corrected chi connectivity index (χ1v) is 4.98. The van der Waals surface area contributed by atoms with Crippen molar-refractivity contribution in [2.24, 2.45) is 22.0 Å². The van der Waals surface area contributed by atoms with E-state index in [1.54, 1.807) is 6.20 Å². The van der Waals surface area contributed by atoms with Gasteiger partial charge >= 0.3 is 0 Å². The summed E-state index contributed by atoms with van der Waals surface area (Å²) in [6.07, 6.45) is 4.45. The van der Waals surface area contributed by atoms with Crippen LogP contribution in [-0.2, 0) is 0 Å². The lowest BCUT2D eigenvalue weighted by atomic mass is 9.97. The van der Waals surface area contributed by atoms with Crippen molar-refractivity contribution in [1.82, 2.24) is 5.43 Å². The van der Waals surface area contributed by atoms with Crippen LogP contribution in [0.3, 0.4) is 0 Å². The zero-order valence-electron chi connectivity index (χ0n) is 8.99. The Morgan fingerprint density at radius 2 is 2.36 bits per heavy atom. The van der Waals surface area contributed by atoms with Crippen LogP contribution in [0.5, 0.6) is 0 Å². The quantitative estimate of drug-likeness (QED) is 0.722. The van der Waals surface area contributed by atoms with Gasteiger partial charge in [-0.3, -0.25) is 5.43 Å². The number of allylic oxidation sites excluding steroid dienone is 2. The molecule has 14 heavy (non-hydrogen) atoms. The van der Waals surface area contributed by atoms with Gasteiger partial charge in [0.1, 0.15) is 6.04 Å². The molecule has 0 amide bonds. The third kappa shape index (κ3) is 2.13. The monoisotopic (exact) mass is 194 g/mol. The molecule has 1 unspecified atom stereocenters. The SMILES string of the molecule is CCC1N=NN/C1=C(/C=C\N)C(C)C. The van der Waals surface area contributed by atoms with Crippen LogP contribution in [0, 0.1) is 5.92 Å². The second-order valence-corrected chi connectivity index (χ2v) is 3.63. The molecule has 0 aliphatic carbocycles. The maximum absolute atomic E-state index is 5.42. The standard InChI is InChI=1S/C10H18N4/c1-4-9-10(13-14-12-9)8(5-6-11)7(2)3/h5-7,9H,4,11H2,1-3H3,(H,12,13)/b6-5-,10-8-. The summed E-state index contributed by atoms with van der Waals surface area (Å²) in [4.78, 5) is 0. The van der Waals surface area contributed by atoms with Crippen molar-refractivity contribution in [1.29, 1.82) is 0 Å². The summed E-state index contributed by atoms with van der Waals surface area (Å²) < 4.78 is 0. The summed E-state index contributed by atoms with van der Waals surface area (Å²) in [5.74, 6) is 0.426. The molecule has 0 aromatic carbocycles. The molecule has 1 atom stereocenters. The third-order valence-electron chi connectivity index (χ3n) is 2.30. The van der Waals surface area contributed by atoms with E-state index in [4.69, 9.17) is 5.73 Å². The zero-order valence-corrected chi connectivity index (χ0v) is 8.99. The molecule has 0 saturated heterocycles. The lowest BCUT2D eigenvalue weighted by Gasteiger charge is -2.13. The Hall–Kier alpha value is -1.32. The van der Waals surface area contributed by atoms with Gasteiger partial charge in [-0.2, -0.15) is 5.11 Å². The second-order valence-electron chi connectivity index (χ2n) is 3.63. The van der Waals surface area contributed by atoms with Gasteiger partial charge in [-0.05, 0) is 30.2 Å². The van der Waals surface area contributed by atoms with Crippen molar-refractivity contribution >= 4 is 0 Å². The van der Waals surface area contributed by atoms with Crippen LogP contribution in [-0.4, -0.2) is 6.04 Å². The van der Waals surface area contributed by atoms with Gasteiger partial charge in [0.15, 0.2) is 0 Å². The number of hydrogen-bond donors (Lipinski definition) is 2. The van der Waals surface area contributed by atoms with Crippen LogP contribution in [0.25, 0.3) is 0 Å². The van der Waals surface area contributed by atoms with E-state index < -0.39 is 0 Å². The summed E-state index contributed by atoms with van der Waals surface area (Å²) >= 11 is 0. The fourth-order valence-corrected chi connectivity index (χ4v) is 1.52. The van der Waals surface area contributed by atoms with Crippen LogP contribution in [0.4, 0.5) is 0 Å². The molecule has 0 fully saturated rings. The summed E-state index contributed by atoms with van der Waals surface area (Å²) in [5, 5.41) is 7.95. The Morgan fingerprint density at radius 1 is 1.64 bits per heavy atom. The lowest BCUT2D eigenvalue weighted by Crippen LogP contribution is -2.15. The highest BCUT2D eigenvalue weighted by Gasteiger charge is 2.20. The molecular formula is C10H18N4. The normalized spacial score (nSPS) is 24.7. The first kappa shape index (κ1) is 10.8. The average Bonchev–Trinajstić information content (AvgIpc) is 2.61. The maximum atomic E-state index is 5.42. The van der Waals surface area contributed by atoms with E-state index in [1.165, 1.54) is 5.57 Å². The first-order valence-electron chi connectivity index (χ1n) is 4.98. The predicted octanol–water partition coefficient (Wildman–Crippen LogP) is 2.12. The second kappa shape index (κ2) is 4.79. The van der Waals surface area contributed by atoms with Crippen LogP contribution < -0.4 is 11.2 Å². The molecule has 4 heteroatoms. The van der Waals surface area contributed by atoms with Gasteiger partial charge in [-0.1, -0.05) is 26.0 Å². The molecule has 0 saturated carbocycles. The van der Waals surface area contributed by atoms with Crippen molar-refractivity contribution in [3.05, 3.63) is 23.5 Å². The molecule has 0 spiro atoms. The fourth-order valence-electron chi connectivity index (χ4n) is 1.52. The van der Waals surface area contributed by atoms with Crippen LogP contribution in [0.1, 0.15) is 27.2 Å². The van der Waals surface area contributed by atoms with Crippen LogP contribution in [0.2, 0.25) is 0 Å². The number of hydrogen-bond acceptors (Lipinski definition) is 4. The molecule has 78 valence electrons. The molecule has 4 nitrogen and oxygen atoms in total. The van der Waals surface area contributed by atoms with Crippen LogP contribution in [0.15, 0.2) is 33.9 Å². The minimum absolute atomic E-state index is 0.170. The van der Waals surface area contributed by atoms with E-state index in [-0.39, 0.29) is 6.04 Å². The maximum Gasteiger partial charge on any atom is 0.114 e. The average molecular weight is 194 g/mol. The molecule has 1 rings (SSSR count). The molecule has 0 aromatic rings. The lowest BCUT2D eigenvalue weighted by molar-refractivity contribution is 0.700. The molecule has 0 aromatic heterocycles. The Morgan fingerprint density at radius 3 is 2.86 bits per heavy atom. The van der Waals surface area contributed by atoms with E-state index in [2.05, 4.69) is 36.5 Å². The van der Waals surface area contributed by atoms with Crippen molar-refractivity contribution in [2.75, 3.05) is 0 Å². The number of nitrogens with zero attached hydrogens (tertiary/aromatic N) is 2. The Kier molecular flexibility index (Phi) is 3.68. The van der Waals surface area contributed by atoms with Gasteiger partial charge in [-0.25, -0.2) is 0 Å². The van der Waals surface area contributed by atoms with Crippen molar-refractivity contribution in [3.63, 3.8) is 0 Å². The van der Waals surface area contributed by atoms with Gasteiger partial charge in [0, 0.05) is 0 Å². The zero-order chi connectivity index (χ0) is 10.6. The summed E-state index contributed by atoms with van der Waals surface area (Å²) in [7, 11) is 0. The van der Waals surface area contributed by atoms with E-state index in [1.807, 2.05) is 6.08 Å². The van der Waals surface area contributed by atoms with Crippen molar-refractivity contribution in [2.45, 2.75) is 33.2 Å². The van der Waals surface area contributed by atoms with E-state index >= 15 is 0 Å². The van der Waals surface area contributed by atoms with Gasteiger partial charge in [0.05, 0.1) is 5.70 Å². The Balaban J connectivity index is 2.98. The topological polar surface area (TPSA) is 62.8 Å². The van der Waals surface area contributed by atoms with E-state index in [0.29, 0.717) is 5.92 Å². The van der Waals surface area contributed by atoms with Gasteiger partial charge < -0.3 is 5.73 Å². The predicted molar refractivity (Wildman–Crippen MR) is 57.3 cm³/mol. The molecule has 1 heterocycles. The minimum Gasteiger partial charge on any atom is -0.405 e. The number of nitrogens with two attached hydrogens (primary N) is 1. The number of nitrogens with one attached hydrogen (secondary N) is 1. The highest BCUT2D eigenvalue weighted by molar-refractivity contribution is 5.30. The Bertz CT molecular complexity index is 276. The number of rotatable bonds is 3. The van der Waals surface area contributed by atoms with Crippen LogP contribution >= 0.6 is 0 Å². The Labute approximate surface area is 84.9 Å². The minimum atomic E-state index is 0.170. The molecule has 3 N–H and O–H groups in total. The molecule has 1 aliphatic rings. The van der Waals surface area contributed by atoms with Crippen molar-refractivity contribution < 1.29 is 0 Å². The van der Waals surface area contributed by atoms with E-state index in [9.17, 15) is 0 Å². The molecule has 0 radical (unpaired) electrons. The summed E-state index contributed by atoms with van der Waals surface area (Å²) in [5.41, 5.74) is 10.6. The molecular weight excluding hydrogens is 176 g/mol. The van der Waals surface area contributed by atoms with E-state index in [0.717, 1.165) is 12.1 Å². The largest absolute Gasteiger partial charge is 0.405 e. The van der Waals surface area contributed by atoms with Gasteiger partial charge in [-0.15, -0.1) is 0 Å². The highest BCUT2D eigenvalue weighted by atomic mass is 15.5. The third-order valence-corrected chi connectivity index (χ3v) is 2.30. The molecule has 0 bridgehead atoms. The molecule has 1 aliphatic heterocycles. The first-order chi connectivity index (χ1) is 6.70. The highest BCUT2D eigenvalue weighted by Crippen LogP contribution is 2.23. The fraction of sp³-hybridized carbons (Fsp3) is 0.600.